The summed E-state index contributed by atoms with van der Waals surface area (Å²) in [6.45, 7) is 6.22. The molecule has 0 fully saturated rings. The Morgan fingerprint density at radius 1 is 0.842 bits per heavy atom. The number of anilines is 1. The second kappa shape index (κ2) is 13.8. The van der Waals surface area contributed by atoms with E-state index in [0.29, 0.717) is 25.1 Å². The molecule has 0 aliphatic carbocycles. The zero-order valence-electron chi connectivity index (χ0n) is 22.3. The van der Waals surface area contributed by atoms with Crippen molar-refractivity contribution in [2.24, 2.45) is 5.92 Å². The molecule has 0 radical (unpaired) electrons. The lowest BCUT2D eigenvalue weighted by Gasteiger charge is -2.33. The van der Waals surface area contributed by atoms with Gasteiger partial charge in [-0.15, -0.1) is 0 Å². The largest absolute Gasteiger partial charge is 0.354 e. The number of carbonyl (C=O) groups excluding carboxylic acids is 2. The van der Waals surface area contributed by atoms with Crippen molar-refractivity contribution in [2.45, 2.75) is 44.6 Å². The van der Waals surface area contributed by atoms with E-state index in [1.807, 2.05) is 51.1 Å². The molecule has 1 atom stereocenters. The molecule has 0 bridgehead atoms. The van der Waals surface area contributed by atoms with Crippen molar-refractivity contribution in [3.8, 4) is 0 Å². The van der Waals surface area contributed by atoms with Gasteiger partial charge in [0.05, 0.1) is 10.6 Å². The van der Waals surface area contributed by atoms with Gasteiger partial charge in [-0.1, -0.05) is 87.5 Å². The monoisotopic (exact) mass is 535 g/mol. The van der Waals surface area contributed by atoms with Crippen LogP contribution in [-0.2, 0) is 26.0 Å². The molecule has 1 N–H and O–H groups in total. The number of carbonyl (C=O) groups is 2. The second-order valence-electron chi connectivity index (χ2n) is 9.55. The molecule has 0 saturated carbocycles. The van der Waals surface area contributed by atoms with Crippen LogP contribution in [0, 0.1) is 5.92 Å². The third kappa shape index (κ3) is 7.68. The molecule has 202 valence electrons. The van der Waals surface area contributed by atoms with Crippen LogP contribution in [0.1, 0.15) is 32.8 Å². The van der Waals surface area contributed by atoms with E-state index < -0.39 is 28.5 Å². The lowest BCUT2D eigenvalue weighted by Crippen LogP contribution is -2.53. The van der Waals surface area contributed by atoms with Crippen LogP contribution in [-0.4, -0.2) is 50.8 Å². The molecule has 3 rings (SSSR count). The highest BCUT2D eigenvalue weighted by Crippen LogP contribution is 2.24. The first kappa shape index (κ1) is 28.9. The SMILES string of the molecule is CC[C@H](C(=O)NCC(C)C)N(CCc1ccccc1)C(=O)CN(c1ccccc1)S(=O)(=O)c1ccccc1. The topological polar surface area (TPSA) is 86.8 Å². The number of nitrogens with one attached hydrogen (secondary N) is 1. The maximum atomic E-state index is 13.9. The predicted molar refractivity (Wildman–Crippen MR) is 151 cm³/mol. The Morgan fingerprint density at radius 3 is 1.95 bits per heavy atom. The van der Waals surface area contributed by atoms with E-state index in [9.17, 15) is 18.0 Å². The molecule has 0 aromatic heterocycles. The van der Waals surface area contributed by atoms with Crippen LogP contribution in [0.5, 0.6) is 0 Å². The van der Waals surface area contributed by atoms with Gasteiger partial charge in [0.25, 0.3) is 10.0 Å². The summed E-state index contributed by atoms with van der Waals surface area (Å²) in [7, 11) is -4.04. The summed E-state index contributed by atoms with van der Waals surface area (Å²) < 4.78 is 28.5. The van der Waals surface area contributed by atoms with Crippen LogP contribution in [0.2, 0.25) is 0 Å². The third-order valence-corrected chi connectivity index (χ3v) is 8.00. The van der Waals surface area contributed by atoms with Gasteiger partial charge >= 0.3 is 0 Å². The van der Waals surface area contributed by atoms with Crippen LogP contribution in [0.3, 0.4) is 0 Å². The van der Waals surface area contributed by atoms with Gasteiger partial charge < -0.3 is 10.2 Å². The minimum Gasteiger partial charge on any atom is -0.354 e. The quantitative estimate of drug-likeness (QED) is 0.349. The lowest BCUT2D eigenvalue weighted by molar-refractivity contribution is -0.139. The van der Waals surface area contributed by atoms with Crippen LogP contribution in [0.15, 0.2) is 95.9 Å². The summed E-state index contributed by atoms with van der Waals surface area (Å²) in [6, 6.07) is 25.6. The highest BCUT2D eigenvalue weighted by Gasteiger charge is 2.33. The second-order valence-corrected chi connectivity index (χ2v) is 11.4. The molecule has 0 spiro atoms. The van der Waals surface area contributed by atoms with Crippen LogP contribution >= 0.6 is 0 Å². The van der Waals surface area contributed by atoms with E-state index in [1.165, 1.54) is 17.0 Å². The minimum atomic E-state index is -4.04. The van der Waals surface area contributed by atoms with E-state index in [-0.39, 0.29) is 23.3 Å². The maximum absolute atomic E-state index is 13.9. The summed E-state index contributed by atoms with van der Waals surface area (Å²) in [5.74, 6) is -0.412. The first-order valence-electron chi connectivity index (χ1n) is 13.0. The molecule has 0 heterocycles. The standard InChI is InChI=1S/C30H37N3O4S/c1-4-28(30(35)31-22-24(2)3)32(21-20-25-14-8-5-9-15-25)29(34)23-33(26-16-10-6-11-17-26)38(36,37)27-18-12-7-13-19-27/h5-19,24,28H,4,20-23H2,1-3H3,(H,31,35)/t28-/m1/s1. The van der Waals surface area contributed by atoms with Crippen molar-refractivity contribution in [3.05, 3.63) is 96.6 Å². The van der Waals surface area contributed by atoms with E-state index >= 15 is 0 Å². The zero-order valence-corrected chi connectivity index (χ0v) is 23.1. The van der Waals surface area contributed by atoms with Crippen molar-refractivity contribution in [3.63, 3.8) is 0 Å². The van der Waals surface area contributed by atoms with Gasteiger partial charge in [0.1, 0.15) is 12.6 Å². The summed E-state index contributed by atoms with van der Waals surface area (Å²) >= 11 is 0. The highest BCUT2D eigenvalue weighted by molar-refractivity contribution is 7.92. The molecule has 8 heteroatoms. The molecule has 3 aromatic carbocycles. The van der Waals surface area contributed by atoms with Gasteiger partial charge in [-0.25, -0.2) is 8.42 Å². The van der Waals surface area contributed by atoms with Gasteiger partial charge in [-0.2, -0.15) is 0 Å². The first-order chi connectivity index (χ1) is 18.2. The lowest BCUT2D eigenvalue weighted by atomic mass is 10.1. The summed E-state index contributed by atoms with van der Waals surface area (Å²) in [6.07, 6.45) is 0.943. The predicted octanol–water partition coefficient (Wildman–Crippen LogP) is 4.50. The Kier molecular flexibility index (Phi) is 10.5. The molecule has 2 amide bonds. The van der Waals surface area contributed by atoms with Crippen molar-refractivity contribution in [1.29, 1.82) is 0 Å². The maximum Gasteiger partial charge on any atom is 0.264 e. The Balaban J connectivity index is 1.95. The number of hydrogen-bond donors (Lipinski definition) is 1. The fourth-order valence-electron chi connectivity index (χ4n) is 4.16. The van der Waals surface area contributed by atoms with Crippen molar-refractivity contribution in [2.75, 3.05) is 23.9 Å². The Bertz CT molecular complexity index is 1270. The van der Waals surface area contributed by atoms with Gasteiger partial charge in [0.2, 0.25) is 11.8 Å². The van der Waals surface area contributed by atoms with Gasteiger partial charge in [0.15, 0.2) is 0 Å². The highest BCUT2D eigenvalue weighted by atomic mass is 32.2. The molecular weight excluding hydrogens is 498 g/mol. The fraction of sp³-hybridized carbons (Fsp3) is 0.333. The molecular formula is C30H37N3O4S. The third-order valence-electron chi connectivity index (χ3n) is 6.21. The molecule has 7 nitrogen and oxygen atoms in total. The minimum absolute atomic E-state index is 0.0919. The number of nitrogens with zero attached hydrogens (tertiary/aromatic N) is 2. The van der Waals surface area contributed by atoms with E-state index in [0.717, 1.165) is 9.87 Å². The normalized spacial score (nSPS) is 12.1. The van der Waals surface area contributed by atoms with Crippen molar-refractivity contribution < 1.29 is 18.0 Å². The molecule has 0 saturated heterocycles. The number of sulfonamides is 1. The summed E-state index contributed by atoms with van der Waals surface area (Å²) in [5, 5.41) is 2.94. The molecule has 3 aromatic rings. The zero-order chi connectivity index (χ0) is 27.5. The smallest absolute Gasteiger partial charge is 0.264 e. The number of para-hydroxylation sites is 1. The number of rotatable bonds is 13. The molecule has 38 heavy (non-hydrogen) atoms. The Morgan fingerprint density at radius 2 is 1.39 bits per heavy atom. The fourth-order valence-corrected chi connectivity index (χ4v) is 5.60. The number of amides is 2. The average Bonchev–Trinajstić information content (AvgIpc) is 2.94. The van der Waals surface area contributed by atoms with Crippen molar-refractivity contribution >= 4 is 27.5 Å². The molecule has 0 aliphatic rings. The molecule has 0 unspecified atom stereocenters. The Labute approximate surface area is 226 Å². The van der Waals surface area contributed by atoms with Crippen LogP contribution in [0.4, 0.5) is 5.69 Å². The van der Waals surface area contributed by atoms with Crippen molar-refractivity contribution in [1.82, 2.24) is 10.2 Å². The van der Waals surface area contributed by atoms with E-state index in [2.05, 4.69) is 5.32 Å². The molecule has 0 aliphatic heterocycles. The van der Waals surface area contributed by atoms with Gasteiger partial charge in [0, 0.05) is 13.1 Å². The van der Waals surface area contributed by atoms with E-state index in [4.69, 9.17) is 0 Å². The summed E-state index contributed by atoms with van der Waals surface area (Å²) in [5.41, 5.74) is 1.41. The summed E-state index contributed by atoms with van der Waals surface area (Å²) in [4.78, 5) is 28.7. The Hall–Kier alpha value is -3.65. The van der Waals surface area contributed by atoms with Gasteiger partial charge in [-0.05, 0) is 48.6 Å². The number of hydrogen-bond acceptors (Lipinski definition) is 4. The number of benzene rings is 3. The van der Waals surface area contributed by atoms with Crippen LogP contribution in [0.25, 0.3) is 0 Å². The first-order valence-corrected chi connectivity index (χ1v) is 14.4. The average molecular weight is 536 g/mol. The van der Waals surface area contributed by atoms with Crippen LogP contribution < -0.4 is 9.62 Å². The van der Waals surface area contributed by atoms with E-state index in [1.54, 1.807) is 48.5 Å². The van der Waals surface area contributed by atoms with Gasteiger partial charge in [-0.3, -0.25) is 13.9 Å².